The number of nitrogens with one attached hydrogen (secondary N) is 1. The highest BCUT2D eigenvalue weighted by Crippen LogP contribution is 2.38. The van der Waals surface area contributed by atoms with Gasteiger partial charge in [-0.25, -0.2) is 0 Å². The standard InChI is InChI=1S/C17H20ClNOS/c1-4-19-16(14-7-8-15(18)21-14)11-5-6-13-12(9-11)10-17(2,3)20-13/h5-9,16,19H,4,10H2,1-3H3. The number of fused-ring (bicyclic) bond motifs is 1. The molecule has 1 aromatic carbocycles. The van der Waals surface area contributed by atoms with Gasteiger partial charge in [-0.3, -0.25) is 0 Å². The molecule has 0 amide bonds. The van der Waals surface area contributed by atoms with Gasteiger partial charge in [0.15, 0.2) is 0 Å². The highest BCUT2D eigenvalue weighted by molar-refractivity contribution is 7.16. The zero-order valence-electron chi connectivity index (χ0n) is 12.6. The fourth-order valence-corrected chi connectivity index (χ4v) is 4.04. The van der Waals surface area contributed by atoms with Gasteiger partial charge in [0.2, 0.25) is 0 Å². The van der Waals surface area contributed by atoms with E-state index in [4.69, 9.17) is 16.3 Å². The number of rotatable bonds is 4. The van der Waals surface area contributed by atoms with Crippen LogP contribution in [0.1, 0.15) is 42.8 Å². The van der Waals surface area contributed by atoms with Crippen molar-refractivity contribution in [2.45, 2.75) is 38.8 Å². The molecular weight excluding hydrogens is 302 g/mol. The summed E-state index contributed by atoms with van der Waals surface area (Å²) in [4.78, 5) is 1.25. The number of ether oxygens (including phenoxy) is 1. The molecule has 1 aromatic heterocycles. The molecule has 0 saturated carbocycles. The van der Waals surface area contributed by atoms with Crippen molar-refractivity contribution in [1.82, 2.24) is 5.32 Å². The summed E-state index contributed by atoms with van der Waals surface area (Å²) in [6, 6.07) is 10.8. The first-order valence-electron chi connectivity index (χ1n) is 7.29. The molecule has 0 bridgehead atoms. The van der Waals surface area contributed by atoms with Crippen molar-refractivity contribution in [3.05, 3.63) is 50.7 Å². The van der Waals surface area contributed by atoms with Crippen LogP contribution in [0.25, 0.3) is 0 Å². The summed E-state index contributed by atoms with van der Waals surface area (Å²) in [6.07, 6.45) is 0.959. The molecule has 21 heavy (non-hydrogen) atoms. The van der Waals surface area contributed by atoms with Gasteiger partial charge in [-0.15, -0.1) is 11.3 Å². The molecule has 0 aliphatic carbocycles. The van der Waals surface area contributed by atoms with Gasteiger partial charge in [0.1, 0.15) is 11.4 Å². The molecule has 0 radical (unpaired) electrons. The van der Waals surface area contributed by atoms with Gasteiger partial charge in [0.25, 0.3) is 0 Å². The molecule has 2 aromatic rings. The fourth-order valence-electron chi connectivity index (χ4n) is 2.88. The number of benzene rings is 1. The monoisotopic (exact) mass is 321 g/mol. The molecule has 1 unspecified atom stereocenters. The first-order valence-corrected chi connectivity index (χ1v) is 8.48. The van der Waals surface area contributed by atoms with Crippen LogP contribution in [0.5, 0.6) is 5.75 Å². The Bertz CT molecular complexity index is 650. The number of thiophene rings is 1. The van der Waals surface area contributed by atoms with E-state index in [2.05, 4.69) is 50.4 Å². The van der Waals surface area contributed by atoms with Crippen LogP contribution < -0.4 is 10.1 Å². The average Bonchev–Trinajstić information content (AvgIpc) is 2.96. The molecule has 2 heterocycles. The summed E-state index contributed by atoms with van der Waals surface area (Å²) in [5.74, 6) is 1.02. The Morgan fingerprint density at radius 3 is 2.81 bits per heavy atom. The maximum Gasteiger partial charge on any atom is 0.123 e. The second-order valence-corrected chi connectivity index (χ2v) is 7.78. The molecule has 0 fully saturated rings. The maximum absolute atomic E-state index is 6.09. The minimum absolute atomic E-state index is 0.0964. The van der Waals surface area contributed by atoms with Gasteiger partial charge in [-0.2, -0.15) is 0 Å². The summed E-state index contributed by atoms with van der Waals surface area (Å²) in [5.41, 5.74) is 2.47. The first-order chi connectivity index (χ1) is 9.98. The van der Waals surface area contributed by atoms with E-state index in [1.807, 2.05) is 6.07 Å². The van der Waals surface area contributed by atoms with Gasteiger partial charge < -0.3 is 10.1 Å². The lowest BCUT2D eigenvalue weighted by molar-refractivity contribution is 0.138. The SMILES string of the molecule is CCNC(c1ccc2c(c1)CC(C)(C)O2)c1ccc(Cl)s1. The van der Waals surface area contributed by atoms with E-state index in [0.717, 1.165) is 23.1 Å². The van der Waals surface area contributed by atoms with Crippen LogP contribution in [0, 0.1) is 0 Å². The highest BCUT2D eigenvalue weighted by atomic mass is 35.5. The fraction of sp³-hybridized carbons (Fsp3) is 0.412. The number of halogens is 1. The van der Waals surface area contributed by atoms with Gasteiger partial charge in [0, 0.05) is 11.3 Å². The van der Waals surface area contributed by atoms with E-state index in [-0.39, 0.29) is 11.6 Å². The molecule has 0 spiro atoms. The molecule has 1 aliphatic rings. The van der Waals surface area contributed by atoms with Crippen molar-refractivity contribution in [2.24, 2.45) is 0 Å². The highest BCUT2D eigenvalue weighted by Gasteiger charge is 2.30. The Labute approximate surface area is 135 Å². The summed E-state index contributed by atoms with van der Waals surface area (Å²) in [5, 5.41) is 3.55. The molecule has 4 heteroatoms. The molecule has 112 valence electrons. The Balaban J connectivity index is 1.95. The third-order valence-electron chi connectivity index (χ3n) is 3.71. The van der Waals surface area contributed by atoms with Crippen LogP contribution in [0.3, 0.4) is 0 Å². The summed E-state index contributed by atoms with van der Waals surface area (Å²) < 4.78 is 6.79. The van der Waals surface area contributed by atoms with E-state index in [1.165, 1.54) is 16.0 Å². The van der Waals surface area contributed by atoms with Gasteiger partial charge in [0.05, 0.1) is 10.4 Å². The topological polar surface area (TPSA) is 21.3 Å². The zero-order chi connectivity index (χ0) is 15.0. The molecule has 1 N–H and O–H groups in total. The number of hydrogen-bond acceptors (Lipinski definition) is 3. The van der Waals surface area contributed by atoms with Crippen LogP contribution >= 0.6 is 22.9 Å². The number of hydrogen-bond donors (Lipinski definition) is 1. The first kappa shape index (κ1) is 14.9. The Hall–Kier alpha value is -1.03. The minimum atomic E-state index is -0.0964. The quantitative estimate of drug-likeness (QED) is 0.872. The smallest absolute Gasteiger partial charge is 0.123 e. The van der Waals surface area contributed by atoms with Crippen molar-refractivity contribution in [3.8, 4) is 5.75 Å². The third kappa shape index (κ3) is 3.10. The van der Waals surface area contributed by atoms with Gasteiger partial charge >= 0.3 is 0 Å². The third-order valence-corrected chi connectivity index (χ3v) is 5.00. The van der Waals surface area contributed by atoms with Crippen LogP contribution in [-0.2, 0) is 6.42 Å². The van der Waals surface area contributed by atoms with Crippen molar-refractivity contribution in [3.63, 3.8) is 0 Å². The zero-order valence-corrected chi connectivity index (χ0v) is 14.1. The van der Waals surface area contributed by atoms with E-state index in [0.29, 0.717) is 0 Å². The van der Waals surface area contributed by atoms with Crippen molar-refractivity contribution in [1.29, 1.82) is 0 Å². The average molecular weight is 322 g/mol. The second kappa shape index (κ2) is 5.64. The lowest BCUT2D eigenvalue weighted by atomic mass is 9.97. The van der Waals surface area contributed by atoms with Gasteiger partial charge in [-0.1, -0.05) is 30.7 Å². The second-order valence-electron chi connectivity index (χ2n) is 6.04. The normalized spacial score (nSPS) is 17.3. The molecule has 1 atom stereocenters. The summed E-state index contributed by atoms with van der Waals surface area (Å²) in [7, 11) is 0. The van der Waals surface area contributed by atoms with Crippen molar-refractivity contribution in [2.75, 3.05) is 6.54 Å². The van der Waals surface area contributed by atoms with E-state index in [9.17, 15) is 0 Å². The maximum atomic E-state index is 6.09. The molecular formula is C17H20ClNOS. The van der Waals surface area contributed by atoms with Crippen molar-refractivity contribution < 1.29 is 4.74 Å². The molecule has 2 nitrogen and oxygen atoms in total. The molecule has 3 rings (SSSR count). The van der Waals surface area contributed by atoms with Crippen LogP contribution in [0.2, 0.25) is 4.34 Å². The van der Waals surface area contributed by atoms with Gasteiger partial charge in [-0.05, 0) is 49.7 Å². The van der Waals surface area contributed by atoms with Crippen LogP contribution in [0.4, 0.5) is 0 Å². The van der Waals surface area contributed by atoms with Crippen molar-refractivity contribution >= 4 is 22.9 Å². The Morgan fingerprint density at radius 2 is 2.14 bits per heavy atom. The summed E-state index contributed by atoms with van der Waals surface area (Å²) in [6.45, 7) is 7.31. The largest absolute Gasteiger partial charge is 0.487 e. The van der Waals surface area contributed by atoms with E-state index < -0.39 is 0 Å². The Morgan fingerprint density at radius 1 is 1.33 bits per heavy atom. The van der Waals surface area contributed by atoms with Crippen LogP contribution in [-0.4, -0.2) is 12.1 Å². The summed E-state index contributed by atoms with van der Waals surface area (Å²) >= 11 is 7.73. The predicted octanol–water partition coefficient (Wildman–Crippen LogP) is 4.81. The van der Waals surface area contributed by atoms with E-state index >= 15 is 0 Å². The Kier molecular flexibility index (Phi) is 4.00. The lowest BCUT2D eigenvalue weighted by Crippen LogP contribution is -2.24. The predicted molar refractivity (Wildman–Crippen MR) is 89.7 cm³/mol. The molecule has 1 aliphatic heterocycles. The lowest BCUT2D eigenvalue weighted by Gasteiger charge is -2.17. The van der Waals surface area contributed by atoms with E-state index in [1.54, 1.807) is 11.3 Å². The van der Waals surface area contributed by atoms with Crippen LogP contribution in [0.15, 0.2) is 30.3 Å². The minimum Gasteiger partial charge on any atom is -0.487 e. The molecule has 0 saturated heterocycles.